The van der Waals surface area contributed by atoms with Gasteiger partial charge in [-0.1, -0.05) is 6.92 Å². The van der Waals surface area contributed by atoms with Crippen molar-refractivity contribution in [3.63, 3.8) is 0 Å². The Bertz CT molecular complexity index is 263. The molecule has 2 fully saturated rings. The van der Waals surface area contributed by atoms with E-state index in [1.807, 2.05) is 0 Å². The predicted octanol–water partition coefficient (Wildman–Crippen LogP) is 1.49. The van der Waals surface area contributed by atoms with E-state index in [0.29, 0.717) is 5.92 Å². The topological polar surface area (TPSA) is 53.0 Å². The van der Waals surface area contributed by atoms with E-state index in [-0.39, 0.29) is 0 Å². The molecule has 0 aromatic heterocycles. The molecular formula is C12H21N3. The predicted molar refractivity (Wildman–Crippen MR) is 60.1 cm³/mol. The van der Waals surface area contributed by atoms with Crippen LogP contribution >= 0.6 is 0 Å². The van der Waals surface area contributed by atoms with Gasteiger partial charge in [-0.25, -0.2) is 0 Å². The zero-order valence-corrected chi connectivity index (χ0v) is 9.58. The van der Waals surface area contributed by atoms with Crippen molar-refractivity contribution in [1.82, 2.24) is 4.90 Å². The Kier molecular flexibility index (Phi) is 2.99. The van der Waals surface area contributed by atoms with E-state index in [4.69, 9.17) is 5.73 Å². The van der Waals surface area contributed by atoms with Gasteiger partial charge >= 0.3 is 0 Å². The first-order chi connectivity index (χ1) is 7.19. The maximum Gasteiger partial charge on any atom is 0.119 e. The Hall–Kier alpha value is -0.590. The molecule has 0 spiro atoms. The van der Waals surface area contributed by atoms with Gasteiger partial charge in [-0.15, -0.1) is 0 Å². The molecule has 0 saturated heterocycles. The van der Waals surface area contributed by atoms with Crippen LogP contribution in [-0.4, -0.2) is 29.6 Å². The maximum atomic E-state index is 9.21. The maximum absolute atomic E-state index is 9.21. The summed E-state index contributed by atoms with van der Waals surface area (Å²) >= 11 is 0. The molecule has 2 aliphatic carbocycles. The standard InChI is InChI=1S/C12H21N3/c1-2-7-15(11-5-6-11)9-12(14,8-13)10-3-4-10/h10-11H,2-7,9,14H2,1H3. The van der Waals surface area contributed by atoms with Gasteiger partial charge in [-0.2, -0.15) is 5.26 Å². The average Bonchev–Trinajstić information content (AvgIpc) is 3.07. The van der Waals surface area contributed by atoms with Gasteiger partial charge in [-0.3, -0.25) is 4.90 Å². The van der Waals surface area contributed by atoms with Crippen molar-refractivity contribution >= 4 is 0 Å². The highest BCUT2D eigenvalue weighted by Crippen LogP contribution is 2.39. The summed E-state index contributed by atoms with van der Waals surface area (Å²) in [6.07, 6.45) is 6.05. The first-order valence-corrected chi connectivity index (χ1v) is 6.14. The molecule has 2 aliphatic rings. The first kappa shape index (κ1) is 10.9. The minimum atomic E-state index is -0.572. The molecule has 15 heavy (non-hydrogen) atoms. The largest absolute Gasteiger partial charge is 0.312 e. The molecule has 0 bridgehead atoms. The van der Waals surface area contributed by atoms with Crippen molar-refractivity contribution in [3.8, 4) is 6.07 Å². The second-order valence-corrected chi connectivity index (χ2v) is 5.13. The molecule has 2 N–H and O–H groups in total. The summed E-state index contributed by atoms with van der Waals surface area (Å²) in [6.45, 7) is 4.07. The van der Waals surface area contributed by atoms with E-state index in [2.05, 4.69) is 17.9 Å². The molecule has 0 aromatic rings. The number of hydrogen-bond acceptors (Lipinski definition) is 3. The normalized spacial score (nSPS) is 24.9. The fraction of sp³-hybridized carbons (Fsp3) is 0.917. The van der Waals surface area contributed by atoms with Crippen molar-refractivity contribution in [1.29, 1.82) is 5.26 Å². The van der Waals surface area contributed by atoms with Crippen LogP contribution < -0.4 is 5.73 Å². The molecule has 0 radical (unpaired) electrons. The van der Waals surface area contributed by atoms with Crippen molar-refractivity contribution in [2.75, 3.05) is 13.1 Å². The number of nitrogens with zero attached hydrogens (tertiary/aromatic N) is 2. The van der Waals surface area contributed by atoms with E-state index < -0.39 is 5.54 Å². The van der Waals surface area contributed by atoms with Crippen LogP contribution in [0.1, 0.15) is 39.0 Å². The van der Waals surface area contributed by atoms with Crippen LogP contribution in [0.3, 0.4) is 0 Å². The molecule has 2 saturated carbocycles. The highest BCUT2D eigenvalue weighted by atomic mass is 15.2. The fourth-order valence-corrected chi connectivity index (χ4v) is 2.31. The summed E-state index contributed by atoms with van der Waals surface area (Å²) in [5.41, 5.74) is 5.62. The van der Waals surface area contributed by atoms with Gasteiger partial charge in [-0.05, 0) is 44.6 Å². The first-order valence-electron chi connectivity index (χ1n) is 6.14. The molecule has 0 aliphatic heterocycles. The molecule has 1 atom stereocenters. The van der Waals surface area contributed by atoms with Gasteiger partial charge in [0.05, 0.1) is 6.07 Å². The van der Waals surface area contributed by atoms with Crippen molar-refractivity contribution in [2.24, 2.45) is 11.7 Å². The van der Waals surface area contributed by atoms with Gasteiger partial charge in [0.15, 0.2) is 0 Å². The van der Waals surface area contributed by atoms with Crippen LogP contribution in [0.2, 0.25) is 0 Å². The lowest BCUT2D eigenvalue weighted by molar-refractivity contribution is 0.212. The zero-order valence-electron chi connectivity index (χ0n) is 9.58. The highest BCUT2D eigenvalue weighted by molar-refractivity contribution is 5.15. The van der Waals surface area contributed by atoms with Gasteiger partial charge in [0.2, 0.25) is 0 Å². The number of hydrogen-bond donors (Lipinski definition) is 1. The number of rotatable bonds is 6. The Morgan fingerprint density at radius 3 is 2.47 bits per heavy atom. The van der Waals surface area contributed by atoms with Crippen LogP contribution in [0.5, 0.6) is 0 Å². The summed E-state index contributed by atoms with van der Waals surface area (Å²) in [6, 6.07) is 3.07. The molecule has 3 nitrogen and oxygen atoms in total. The molecule has 84 valence electrons. The zero-order chi connectivity index (χ0) is 10.9. The van der Waals surface area contributed by atoms with E-state index in [9.17, 15) is 5.26 Å². The lowest BCUT2D eigenvalue weighted by Crippen LogP contribution is -2.51. The quantitative estimate of drug-likeness (QED) is 0.718. The van der Waals surface area contributed by atoms with Crippen molar-refractivity contribution < 1.29 is 0 Å². The molecular weight excluding hydrogens is 186 g/mol. The third kappa shape index (κ3) is 2.50. The van der Waals surface area contributed by atoms with Crippen LogP contribution in [-0.2, 0) is 0 Å². The van der Waals surface area contributed by atoms with Gasteiger partial charge < -0.3 is 5.73 Å². The average molecular weight is 207 g/mol. The molecule has 0 heterocycles. The Morgan fingerprint density at radius 1 is 1.40 bits per heavy atom. The number of nitriles is 1. The third-order valence-electron chi connectivity index (χ3n) is 3.55. The molecule has 3 heteroatoms. The smallest absolute Gasteiger partial charge is 0.119 e. The molecule has 0 aromatic carbocycles. The van der Waals surface area contributed by atoms with Crippen molar-refractivity contribution in [2.45, 2.75) is 50.6 Å². The molecule has 2 rings (SSSR count). The highest BCUT2D eigenvalue weighted by Gasteiger charge is 2.45. The summed E-state index contributed by atoms with van der Waals surface area (Å²) in [7, 11) is 0. The summed E-state index contributed by atoms with van der Waals surface area (Å²) < 4.78 is 0. The van der Waals surface area contributed by atoms with Crippen LogP contribution in [0.4, 0.5) is 0 Å². The van der Waals surface area contributed by atoms with Gasteiger partial charge in [0.1, 0.15) is 5.54 Å². The summed E-state index contributed by atoms with van der Waals surface area (Å²) in [5, 5.41) is 9.21. The monoisotopic (exact) mass is 207 g/mol. The second-order valence-electron chi connectivity index (χ2n) is 5.13. The minimum absolute atomic E-state index is 0.459. The number of nitrogens with two attached hydrogens (primary N) is 1. The van der Waals surface area contributed by atoms with Crippen LogP contribution in [0.25, 0.3) is 0 Å². The third-order valence-corrected chi connectivity index (χ3v) is 3.55. The summed E-state index contributed by atoms with van der Waals surface area (Å²) in [4.78, 5) is 2.43. The Balaban J connectivity index is 1.94. The lowest BCUT2D eigenvalue weighted by Gasteiger charge is -2.30. The van der Waals surface area contributed by atoms with E-state index in [0.717, 1.165) is 38.4 Å². The minimum Gasteiger partial charge on any atom is -0.312 e. The Morgan fingerprint density at radius 2 is 2.07 bits per heavy atom. The molecule has 1 unspecified atom stereocenters. The van der Waals surface area contributed by atoms with E-state index >= 15 is 0 Å². The SMILES string of the molecule is CCCN(CC(N)(C#N)C1CC1)C1CC1. The van der Waals surface area contributed by atoms with Gasteiger partial charge in [0, 0.05) is 12.6 Å². The van der Waals surface area contributed by atoms with Crippen molar-refractivity contribution in [3.05, 3.63) is 0 Å². The van der Waals surface area contributed by atoms with Gasteiger partial charge in [0.25, 0.3) is 0 Å². The molecule has 0 amide bonds. The summed E-state index contributed by atoms with van der Waals surface area (Å²) in [5.74, 6) is 0.459. The van der Waals surface area contributed by atoms with E-state index in [1.165, 1.54) is 12.8 Å². The second kappa shape index (κ2) is 4.11. The van der Waals surface area contributed by atoms with E-state index in [1.54, 1.807) is 0 Å². The lowest BCUT2D eigenvalue weighted by atomic mass is 9.95. The Labute approximate surface area is 92.2 Å². The van der Waals surface area contributed by atoms with Crippen LogP contribution in [0.15, 0.2) is 0 Å². The fourth-order valence-electron chi connectivity index (χ4n) is 2.31. The van der Waals surface area contributed by atoms with Crippen LogP contribution in [0, 0.1) is 17.2 Å².